The molecule has 8 bridgehead atoms. The van der Waals surface area contributed by atoms with Gasteiger partial charge in [-0.25, -0.2) is 0 Å². The zero-order valence-corrected chi connectivity index (χ0v) is 14.7. The Morgan fingerprint density at radius 1 is 0.545 bits per heavy atom. The van der Waals surface area contributed by atoms with Gasteiger partial charge in [-0.1, -0.05) is 11.1 Å². The summed E-state index contributed by atoms with van der Waals surface area (Å²) in [4.78, 5) is 0. The van der Waals surface area contributed by atoms with Gasteiger partial charge in [0.2, 0.25) is 0 Å². The van der Waals surface area contributed by atoms with Crippen LogP contribution >= 0.6 is 23.2 Å². The van der Waals surface area contributed by atoms with Crippen molar-refractivity contribution < 1.29 is 0 Å². The average Bonchev–Trinajstić information content (AvgIpc) is 2.50. The molecule has 8 aliphatic rings. The number of rotatable bonds is 0. The Hall–Kier alpha value is 0.320. The number of alkyl halides is 2. The van der Waals surface area contributed by atoms with E-state index in [9.17, 15) is 0 Å². The molecule has 0 N–H and O–H groups in total. The molecule has 8 rings (SSSR count). The third kappa shape index (κ3) is 1.62. The lowest BCUT2D eigenvalue weighted by Crippen LogP contribution is -2.52. The Labute approximate surface area is 144 Å². The Kier molecular flexibility index (Phi) is 2.77. The molecule has 0 unspecified atom stereocenters. The maximum Gasteiger partial charge on any atom is 0.0430 e. The molecule has 0 saturated heterocycles. The first-order valence-electron chi connectivity index (χ1n) is 9.71. The van der Waals surface area contributed by atoms with Gasteiger partial charge in [0, 0.05) is 10.8 Å². The molecule has 0 radical (unpaired) electrons. The van der Waals surface area contributed by atoms with Crippen LogP contribution in [0, 0.1) is 47.3 Å². The molecule has 8 saturated carbocycles. The van der Waals surface area contributed by atoms with Crippen LogP contribution in [0.4, 0.5) is 0 Å². The van der Waals surface area contributed by atoms with Crippen molar-refractivity contribution in [3.63, 3.8) is 0 Å². The van der Waals surface area contributed by atoms with E-state index in [1.54, 1.807) is 0 Å². The van der Waals surface area contributed by atoms with Gasteiger partial charge in [-0.2, -0.15) is 0 Å². The Bertz CT molecular complexity index is 504. The zero-order valence-electron chi connectivity index (χ0n) is 13.2. The van der Waals surface area contributed by atoms with E-state index in [-0.39, 0.29) is 0 Å². The summed E-state index contributed by atoms with van der Waals surface area (Å²) in [5, 5.41) is 0.891. The highest BCUT2D eigenvalue weighted by atomic mass is 35.5. The second kappa shape index (κ2) is 4.48. The number of halogens is 2. The molecule has 120 valence electrons. The molecule has 0 nitrogen and oxygen atoms in total. The first-order valence-corrected chi connectivity index (χ1v) is 10.6. The van der Waals surface area contributed by atoms with Crippen LogP contribution in [0.3, 0.4) is 0 Å². The van der Waals surface area contributed by atoms with Gasteiger partial charge in [-0.05, 0) is 98.7 Å². The smallest absolute Gasteiger partial charge is 0.0430 e. The van der Waals surface area contributed by atoms with E-state index in [1.807, 2.05) is 11.1 Å². The van der Waals surface area contributed by atoms with E-state index >= 15 is 0 Å². The van der Waals surface area contributed by atoms with Crippen molar-refractivity contribution in [1.29, 1.82) is 0 Å². The molecular weight excluding hydrogens is 311 g/mol. The largest absolute Gasteiger partial charge is 0.122 e. The number of allylic oxidation sites excluding steroid dienone is 2. The Morgan fingerprint density at radius 3 is 1.45 bits per heavy atom. The molecule has 0 amide bonds. The second-order valence-electron chi connectivity index (χ2n) is 9.54. The van der Waals surface area contributed by atoms with Gasteiger partial charge in [0.1, 0.15) is 0 Å². The summed E-state index contributed by atoms with van der Waals surface area (Å²) in [5.41, 5.74) is 3.76. The molecule has 8 aliphatic carbocycles. The van der Waals surface area contributed by atoms with E-state index in [0.717, 1.165) is 47.3 Å². The van der Waals surface area contributed by atoms with Crippen LogP contribution in [0.2, 0.25) is 0 Å². The molecule has 0 aliphatic heterocycles. The van der Waals surface area contributed by atoms with Crippen LogP contribution in [-0.4, -0.2) is 10.8 Å². The summed E-state index contributed by atoms with van der Waals surface area (Å²) in [6.07, 6.45) is 11.4. The maximum atomic E-state index is 6.95. The summed E-state index contributed by atoms with van der Waals surface area (Å²) in [6.45, 7) is 0. The van der Waals surface area contributed by atoms with Gasteiger partial charge < -0.3 is 0 Å². The van der Waals surface area contributed by atoms with Crippen molar-refractivity contribution in [1.82, 2.24) is 0 Å². The molecule has 0 spiro atoms. The zero-order chi connectivity index (χ0) is 14.6. The van der Waals surface area contributed by atoms with E-state index in [0.29, 0.717) is 10.8 Å². The van der Waals surface area contributed by atoms with Crippen LogP contribution in [0.25, 0.3) is 0 Å². The van der Waals surface area contributed by atoms with E-state index in [4.69, 9.17) is 23.2 Å². The minimum atomic E-state index is 0.446. The first kappa shape index (κ1) is 13.6. The lowest BCUT2D eigenvalue weighted by molar-refractivity contribution is 0.0462. The third-order valence-electron chi connectivity index (χ3n) is 8.54. The second-order valence-corrected chi connectivity index (χ2v) is 10.6. The topological polar surface area (TPSA) is 0 Å². The standard InChI is InChI=1S/C20H26Cl2/c21-19-13-3-9-1-11(7-13)17(15(19)5-9)18-12-2-10-4-14(8-12)20(22)16(18)6-10/h9-16,19-20H,1-8H2/b18-17+/t9-,10+,11+,12-,13-,14+,15+,16-,19-,20-/m0/s1. The molecule has 0 aromatic rings. The van der Waals surface area contributed by atoms with Gasteiger partial charge >= 0.3 is 0 Å². The van der Waals surface area contributed by atoms with Crippen molar-refractivity contribution in [2.24, 2.45) is 47.3 Å². The van der Waals surface area contributed by atoms with E-state index < -0.39 is 0 Å². The molecule has 0 aromatic carbocycles. The number of hydrogen-bond acceptors (Lipinski definition) is 0. The minimum absolute atomic E-state index is 0.446. The normalized spacial score (nSPS) is 64.6. The fourth-order valence-corrected chi connectivity index (χ4v) is 9.01. The predicted octanol–water partition coefficient (Wildman–Crippen LogP) is 5.63. The van der Waals surface area contributed by atoms with Gasteiger partial charge in [0.25, 0.3) is 0 Å². The molecule has 22 heavy (non-hydrogen) atoms. The highest BCUT2D eigenvalue weighted by molar-refractivity contribution is 6.21. The highest BCUT2D eigenvalue weighted by Gasteiger charge is 2.56. The van der Waals surface area contributed by atoms with E-state index in [1.165, 1.54) is 51.4 Å². The van der Waals surface area contributed by atoms with Crippen molar-refractivity contribution in [2.75, 3.05) is 0 Å². The van der Waals surface area contributed by atoms with Crippen molar-refractivity contribution in [3.05, 3.63) is 11.1 Å². The summed E-state index contributed by atoms with van der Waals surface area (Å²) in [6, 6.07) is 0. The first-order chi connectivity index (χ1) is 10.7. The van der Waals surface area contributed by atoms with Gasteiger partial charge in [-0.15, -0.1) is 23.2 Å². The fraction of sp³-hybridized carbons (Fsp3) is 0.900. The van der Waals surface area contributed by atoms with Crippen LogP contribution in [-0.2, 0) is 0 Å². The summed E-state index contributed by atoms with van der Waals surface area (Å²) < 4.78 is 0. The average molecular weight is 337 g/mol. The minimum Gasteiger partial charge on any atom is -0.122 e. The van der Waals surface area contributed by atoms with Crippen LogP contribution in [0.5, 0.6) is 0 Å². The van der Waals surface area contributed by atoms with Crippen molar-refractivity contribution in [3.8, 4) is 0 Å². The summed E-state index contributed by atoms with van der Waals surface area (Å²) >= 11 is 13.9. The maximum absolute atomic E-state index is 6.95. The molecular formula is C20H26Cl2. The summed E-state index contributed by atoms with van der Waals surface area (Å²) in [5.74, 6) is 6.91. The highest BCUT2D eigenvalue weighted by Crippen LogP contribution is 2.64. The predicted molar refractivity (Wildman–Crippen MR) is 91.2 cm³/mol. The third-order valence-corrected chi connectivity index (χ3v) is 9.86. The lowest BCUT2D eigenvalue weighted by Gasteiger charge is -2.60. The molecule has 2 heteroatoms. The number of hydrogen-bond donors (Lipinski definition) is 0. The monoisotopic (exact) mass is 336 g/mol. The van der Waals surface area contributed by atoms with Crippen molar-refractivity contribution >= 4 is 23.2 Å². The lowest BCUT2D eigenvalue weighted by atomic mass is 9.48. The fourth-order valence-electron chi connectivity index (χ4n) is 8.12. The van der Waals surface area contributed by atoms with E-state index in [2.05, 4.69) is 0 Å². The van der Waals surface area contributed by atoms with Crippen LogP contribution in [0.1, 0.15) is 51.4 Å². The van der Waals surface area contributed by atoms with Crippen LogP contribution < -0.4 is 0 Å². The quantitative estimate of drug-likeness (QED) is 0.397. The van der Waals surface area contributed by atoms with Crippen molar-refractivity contribution in [2.45, 2.75) is 62.1 Å². The molecule has 0 aromatic heterocycles. The molecule has 8 fully saturated rings. The Balaban J connectivity index is 1.48. The SMILES string of the molecule is Cl[C@H]1[C@H]2C[C@@H]3C[C@H](C2)/C(=C2/[C@H]4C[C@@H]5C[C@H](C4)[C@H](Cl)[C@H]2C5)[C@H]1C3. The summed E-state index contributed by atoms with van der Waals surface area (Å²) in [7, 11) is 0. The van der Waals surface area contributed by atoms with Gasteiger partial charge in [0.15, 0.2) is 0 Å². The van der Waals surface area contributed by atoms with Gasteiger partial charge in [0.05, 0.1) is 0 Å². The molecule has 10 atom stereocenters. The molecule has 0 heterocycles. The van der Waals surface area contributed by atoms with Crippen LogP contribution in [0.15, 0.2) is 11.1 Å². The van der Waals surface area contributed by atoms with Gasteiger partial charge in [-0.3, -0.25) is 0 Å². The Morgan fingerprint density at radius 2 is 1.00 bits per heavy atom.